The number of carboxylic acid groups (broad SMARTS) is 1. The van der Waals surface area contributed by atoms with Crippen molar-refractivity contribution >= 4 is 23.5 Å². The third-order valence-electron chi connectivity index (χ3n) is 7.91. The van der Waals surface area contributed by atoms with Gasteiger partial charge >= 0.3 is 18.3 Å². The standard InChI is InChI=1S/C29H28F6N6O3/c30-28(31,32)20-5-3-17(4-6-20)21-13-37-24(12-19(21)16-41-9-1-2-23(41)29(33,34)35)39-26(42)22-14-38-25(15-36-22)40-10-7-18(8-11-40)27(43)44/h3-6,12-15,18,23H,1-2,7-11,16H2,(H,43,44)(H,37,39,42). The first-order chi connectivity index (χ1) is 20.8. The van der Waals surface area contributed by atoms with Crippen LogP contribution in [0.15, 0.2) is 48.9 Å². The number of anilines is 2. The number of hydrogen-bond donors (Lipinski definition) is 2. The molecule has 2 aromatic heterocycles. The zero-order chi connectivity index (χ0) is 31.6. The molecule has 15 heteroatoms. The predicted molar refractivity (Wildman–Crippen MR) is 147 cm³/mol. The number of aliphatic carboxylic acids is 1. The molecule has 2 fully saturated rings. The molecule has 0 radical (unpaired) electrons. The Morgan fingerprint density at radius 1 is 0.909 bits per heavy atom. The van der Waals surface area contributed by atoms with E-state index in [0.717, 1.165) is 12.1 Å². The van der Waals surface area contributed by atoms with Crippen molar-refractivity contribution in [3.63, 3.8) is 0 Å². The molecule has 3 aromatic rings. The van der Waals surface area contributed by atoms with E-state index in [1.54, 1.807) is 0 Å². The van der Waals surface area contributed by atoms with Crippen molar-refractivity contribution in [1.29, 1.82) is 0 Å². The SMILES string of the molecule is O=C(Nc1cc(CN2CCCC2C(F)(F)F)c(-c2ccc(C(F)(F)F)cc2)cn1)c1cnc(N2CCC(C(=O)O)CC2)cn1. The van der Waals surface area contributed by atoms with E-state index >= 15 is 0 Å². The summed E-state index contributed by atoms with van der Waals surface area (Å²) in [6, 6.07) is 3.98. The predicted octanol–water partition coefficient (Wildman–Crippen LogP) is 5.64. The maximum atomic E-state index is 13.7. The number of nitrogens with zero attached hydrogens (tertiary/aromatic N) is 5. The number of aromatic nitrogens is 3. The lowest BCUT2D eigenvalue weighted by atomic mass is 9.97. The molecule has 0 spiro atoms. The number of carbonyl (C=O) groups excluding carboxylic acids is 1. The second-order valence-electron chi connectivity index (χ2n) is 10.8. The van der Waals surface area contributed by atoms with Gasteiger partial charge in [0.1, 0.15) is 23.4 Å². The third kappa shape index (κ3) is 7.09. The monoisotopic (exact) mass is 622 g/mol. The van der Waals surface area contributed by atoms with E-state index in [1.165, 1.54) is 41.7 Å². The first-order valence-electron chi connectivity index (χ1n) is 13.9. The number of carboxylic acids is 1. The number of halogens is 6. The number of pyridine rings is 1. The quantitative estimate of drug-likeness (QED) is 0.326. The molecule has 1 amide bonds. The van der Waals surface area contributed by atoms with E-state index in [0.29, 0.717) is 54.9 Å². The molecular weight excluding hydrogens is 594 g/mol. The van der Waals surface area contributed by atoms with Crippen LogP contribution in [-0.2, 0) is 17.5 Å². The summed E-state index contributed by atoms with van der Waals surface area (Å²) in [6.07, 6.45) is -3.87. The maximum absolute atomic E-state index is 13.7. The highest BCUT2D eigenvalue weighted by Crippen LogP contribution is 2.36. The van der Waals surface area contributed by atoms with Crippen molar-refractivity contribution in [2.45, 2.75) is 50.6 Å². The normalized spacial score (nSPS) is 18.4. The Kier molecular flexibility index (Phi) is 8.77. The molecule has 5 rings (SSSR count). The molecule has 1 atom stereocenters. The Labute approximate surface area is 247 Å². The van der Waals surface area contributed by atoms with E-state index in [-0.39, 0.29) is 31.0 Å². The minimum Gasteiger partial charge on any atom is -0.481 e. The maximum Gasteiger partial charge on any atom is 0.416 e. The van der Waals surface area contributed by atoms with Gasteiger partial charge in [0.25, 0.3) is 5.91 Å². The largest absolute Gasteiger partial charge is 0.481 e. The minimum atomic E-state index is -4.55. The summed E-state index contributed by atoms with van der Waals surface area (Å²) in [6.45, 7) is 0.957. The van der Waals surface area contributed by atoms with Crippen LogP contribution in [0.5, 0.6) is 0 Å². The van der Waals surface area contributed by atoms with Gasteiger partial charge in [-0.15, -0.1) is 0 Å². The molecule has 0 saturated carbocycles. The summed E-state index contributed by atoms with van der Waals surface area (Å²) in [5.74, 6) is -1.44. The zero-order valence-electron chi connectivity index (χ0n) is 23.2. The number of alkyl halides is 6. The van der Waals surface area contributed by atoms with Crippen LogP contribution in [0.3, 0.4) is 0 Å². The average Bonchev–Trinajstić information content (AvgIpc) is 3.46. The molecule has 2 aliphatic rings. The van der Waals surface area contributed by atoms with Crippen LogP contribution in [0.1, 0.15) is 47.3 Å². The van der Waals surface area contributed by atoms with Crippen molar-refractivity contribution in [2.24, 2.45) is 5.92 Å². The van der Waals surface area contributed by atoms with Crippen molar-refractivity contribution in [2.75, 3.05) is 29.9 Å². The van der Waals surface area contributed by atoms with Gasteiger partial charge in [-0.2, -0.15) is 26.3 Å². The van der Waals surface area contributed by atoms with E-state index < -0.39 is 41.8 Å². The molecule has 2 N–H and O–H groups in total. The molecule has 2 saturated heterocycles. The molecule has 4 heterocycles. The van der Waals surface area contributed by atoms with Gasteiger partial charge in [-0.05, 0) is 61.6 Å². The Morgan fingerprint density at radius 2 is 1.61 bits per heavy atom. The lowest BCUT2D eigenvalue weighted by Gasteiger charge is -2.30. The first-order valence-corrected chi connectivity index (χ1v) is 13.9. The molecule has 2 aliphatic heterocycles. The highest BCUT2D eigenvalue weighted by atomic mass is 19.4. The number of rotatable bonds is 7. The Morgan fingerprint density at radius 3 is 2.20 bits per heavy atom. The summed E-state index contributed by atoms with van der Waals surface area (Å²) in [5, 5.41) is 11.7. The number of benzene rings is 1. The molecule has 1 unspecified atom stereocenters. The fourth-order valence-corrected chi connectivity index (χ4v) is 5.54. The fourth-order valence-electron chi connectivity index (χ4n) is 5.54. The number of nitrogens with one attached hydrogen (secondary N) is 1. The van der Waals surface area contributed by atoms with Gasteiger partial charge in [0.15, 0.2) is 0 Å². The van der Waals surface area contributed by atoms with Gasteiger partial charge in [0.2, 0.25) is 0 Å². The van der Waals surface area contributed by atoms with Crippen molar-refractivity contribution in [3.05, 3.63) is 65.7 Å². The molecule has 0 aliphatic carbocycles. The summed E-state index contributed by atoms with van der Waals surface area (Å²) in [4.78, 5) is 39.9. The lowest BCUT2D eigenvalue weighted by molar-refractivity contribution is -0.177. The summed E-state index contributed by atoms with van der Waals surface area (Å²) in [7, 11) is 0. The Hall–Kier alpha value is -4.27. The van der Waals surface area contributed by atoms with Gasteiger partial charge in [-0.3, -0.25) is 14.5 Å². The average molecular weight is 623 g/mol. The van der Waals surface area contributed by atoms with E-state index in [4.69, 9.17) is 0 Å². The van der Waals surface area contributed by atoms with Gasteiger partial charge in [-0.25, -0.2) is 15.0 Å². The molecular formula is C29H28F6N6O3. The smallest absolute Gasteiger partial charge is 0.416 e. The van der Waals surface area contributed by atoms with Crippen LogP contribution < -0.4 is 10.2 Å². The summed E-state index contributed by atoms with van der Waals surface area (Å²) >= 11 is 0. The number of likely N-dealkylation sites (tertiary alicyclic amines) is 1. The number of hydrogen-bond acceptors (Lipinski definition) is 7. The highest BCUT2D eigenvalue weighted by molar-refractivity contribution is 6.02. The molecule has 0 bridgehead atoms. The van der Waals surface area contributed by atoms with Gasteiger partial charge < -0.3 is 15.3 Å². The van der Waals surface area contributed by atoms with Gasteiger partial charge in [-0.1, -0.05) is 12.1 Å². The molecule has 234 valence electrons. The van der Waals surface area contributed by atoms with Crippen LogP contribution in [0, 0.1) is 5.92 Å². The zero-order valence-corrected chi connectivity index (χ0v) is 23.2. The second kappa shape index (κ2) is 12.4. The van der Waals surface area contributed by atoms with Crippen LogP contribution in [-0.4, -0.2) is 68.7 Å². The molecule has 9 nitrogen and oxygen atoms in total. The Bertz CT molecular complexity index is 1490. The van der Waals surface area contributed by atoms with Crippen molar-refractivity contribution < 1.29 is 41.0 Å². The van der Waals surface area contributed by atoms with Crippen LogP contribution in [0.25, 0.3) is 11.1 Å². The second-order valence-corrected chi connectivity index (χ2v) is 10.8. The highest BCUT2D eigenvalue weighted by Gasteiger charge is 2.45. The molecule has 44 heavy (non-hydrogen) atoms. The van der Waals surface area contributed by atoms with E-state index in [1.807, 2.05) is 4.90 Å². The van der Waals surface area contributed by atoms with Crippen LogP contribution in [0.2, 0.25) is 0 Å². The minimum absolute atomic E-state index is 0.0186. The van der Waals surface area contributed by atoms with Crippen molar-refractivity contribution in [1.82, 2.24) is 19.9 Å². The van der Waals surface area contributed by atoms with Gasteiger partial charge in [0.05, 0.1) is 23.9 Å². The molecule has 1 aromatic carbocycles. The Balaban J connectivity index is 1.36. The summed E-state index contributed by atoms with van der Waals surface area (Å²) < 4.78 is 80.3. The number of piperidine rings is 1. The van der Waals surface area contributed by atoms with Gasteiger partial charge in [0, 0.05) is 31.4 Å². The van der Waals surface area contributed by atoms with Crippen LogP contribution in [0.4, 0.5) is 38.0 Å². The topological polar surface area (TPSA) is 112 Å². The van der Waals surface area contributed by atoms with E-state index in [9.17, 15) is 41.0 Å². The number of amides is 1. The fraction of sp³-hybridized carbons (Fsp3) is 0.414. The number of carbonyl (C=O) groups is 2. The first kappa shape index (κ1) is 31.2. The van der Waals surface area contributed by atoms with E-state index in [2.05, 4.69) is 20.3 Å². The lowest BCUT2D eigenvalue weighted by Crippen LogP contribution is -2.40. The summed E-state index contributed by atoms with van der Waals surface area (Å²) in [5.41, 5.74) is 0.0851. The van der Waals surface area contributed by atoms with Crippen molar-refractivity contribution in [3.8, 4) is 11.1 Å². The van der Waals surface area contributed by atoms with Crippen LogP contribution >= 0.6 is 0 Å². The third-order valence-corrected chi connectivity index (χ3v) is 7.91.